The van der Waals surface area contributed by atoms with Crippen molar-refractivity contribution in [1.29, 1.82) is 0 Å². The van der Waals surface area contributed by atoms with E-state index in [1.54, 1.807) is 36.4 Å². The van der Waals surface area contributed by atoms with Crippen LogP contribution in [0.2, 0.25) is 0 Å². The van der Waals surface area contributed by atoms with Gasteiger partial charge < -0.3 is 9.84 Å². The highest BCUT2D eigenvalue weighted by atomic mass is 16.5. The number of rotatable bonds is 5. The van der Waals surface area contributed by atoms with Gasteiger partial charge in [0.05, 0.1) is 5.56 Å². The molecular weight excluding hydrogens is 288 g/mol. The largest absolute Gasteiger partial charge is 0.504 e. The zero-order valence-electron chi connectivity index (χ0n) is 12.5. The highest BCUT2D eigenvalue weighted by molar-refractivity contribution is 6.11. The molecule has 0 saturated carbocycles. The molecule has 0 spiro atoms. The summed E-state index contributed by atoms with van der Waals surface area (Å²) in [5.74, 6) is -0.00233. The zero-order chi connectivity index (χ0) is 16.1. The second-order valence-electron chi connectivity index (χ2n) is 5.12. The normalized spacial score (nSPS) is 10.3. The average Bonchev–Trinajstić information content (AvgIpc) is 2.61. The molecule has 0 aliphatic heterocycles. The molecule has 0 saturated heterocycles. The molecule has 0 aliphatic rings. The zero-order valence-corrected chi connectivity index (χ0v) is 12.5. The number of para-hydroxylation sites is 1. The van der Waals surface area contributed by atoms with Gasteiger partial charge in [-0.15, -0.1) is 0 Å². The van der Waals surface area contributed by atoms with Crippen molar-refractivity contribution < 1.29 is 14.6 Å². The minimum atomic E-state index is -0.176. The van der Waals surface area contributed by atoms with E-state index in [-0.39, 0.29) is 23.9 Å². The number of aromatic hydroxyl groups is 1. The molecular formula is C20H16O3. The summed E-state index contributed by atoms with van der Waals surface area (Å²) in [5, 5.41) is 10.1. The van der Waals surface area contributed by atoms with Crippen molar-refractivity contribution in [3.8, 4) is 11.5 Å². The van der Waals surface area contributed by atoms with E-state index >= 15 is 0 Å². The van der Waals surface area contributed by atoms with Crippen LogP contribution in [0.3, 0.4) is 0 Å². The number of carbonyl (C=O) groups excluding carboxylic acids is 1. The average molecular weight is 304 g/mol. The Labute approximate surface area is 134 Å². The van der Waals surface area contributed by atoms with Gasteiger partial charge in [0, 0.05) is 5.56 Å². The first-order valence-corrected chi connectivity index (χ1v) is 7.34. The summed E-state index contributed by atoms with van der Waals surface area (Å²) in [7, 11) is 0. The Kier molecular flexibility index (Phi) is 4.39. The monoisotopic (exact) mass is 304 g/mol. The third-order valence-electron chi connectivity index (χ3n) is 3.50. The Balaban J connectivity index is 1.89. The van der Waals surface area contributed by atoms with E-state index in [0.29, 0.717) is 11.1 Å². The van der Waals surface area contributed by atoms with Crippen LogP contribution in [0.25, 0.3) is 0 Å². The van der Waals surface area contributed by atoms with Gasteiger partial charge in [0.1, 0.15) is 6.61 Å². The maximum absolute atomic E-state index is 12.6. The van der Waals surface area contributed by atoms with Crippen molar-refractivity contribution in [3.63, 3.8) is 0 Å². The first-order valence-electron chi connectivity index (χ1n) is 7.34. The van der Waals surface area contributed by atoms with E-state index in [9.17, 15) is 9.90 Å². The molecule has 0 radical (unpaired) electrons. The van der Waals surface area contributed by atoms with Gasteiger partial charge in [-0.05, 0) is 17.7 Å². The molecule has 0 aliphatic carbocycles. The van der Waals surface area contributed by atoms with E-state index in [1.165, 1.54) is 6.07 Å². The Hall–Kier alpha value is -3.07. The molecule has 0 aromatic heterocycles. The fraction of sp³-hybridized carbons (Fsp3) is 0.0500. The van der Waals surface area contributed by atoms with Crippen LogP contribution in [-0.4, -0.2) is 10.9 Å². The number of phenols is 1. The number of benzene rings is 3. The molecule has 3 aromatic carbocycles. The molecule has 3 heteroatoms. The van der Waals surface area contributed by atoms with Crippen LogP contribution in [-0.2, 0) is 6.61 Å². The molecule has 0 atom stereocenters. The molecule has 0 bridgehead atoms. The van der Waals surface area contributed by atoms with Crippen molar-refractivity contribution in [3.05, 3.63) is 95.6 Å². The molecule has 0 fully saturated rings. The predicted molar refractivity (Wildman–Crippen MR) is 88.8 cm³/mol. The number of phenolic OH excluding ortho intramolecular Hbond substituents is 1. The maximum Gasteiger partial charge on any atom is 0.196 e. The van der Waals surface area contributed by atoms with Crippen molar-refractivity contribution >= 4 is 5.78 Å². The Morgan fingerprint density at radius 1 is 0.826 bits per heavy atom. The Morgan fingerprint density at radius 2 is 1.48 bits per heavy atom. The van der Waals surface area contributed by atoms with Crippen molar-refractivity contribution in [1.82, 2.24) is 0 Å². The molecule has 3 nitrogen and oxygen atoms in total. The van der Waals surface area contributed by atoms with Crippen molar-refractivity contribution in [2.24, 2.45) is 0 Å². The lowest BCUT2D eigenvalue weighted by Crippen LogP contribution is -2.06. The van der Waals surface area contributed by atoms with Crippen LogP contribution >= 0.6 is 0 Å². The van der Waals surface area contributed by atoms with Crippen LogP contribution in [0.4, 0.5) is 0 Å². The van der Waals surface area contributed by atoms with Gasteiger partial charge in [0.2, 0.25) is 0 Å². The molecule has 3 rings (SSSR count). The lowest BCUT2D eigenvalue weighted by molar-refractivity contribution is 0.103. The van der Waals surface area contributed by atoms with Crippen LogP contribution in [0.1, 0.15) is 21.5 Å². The fourth-order valence-corrected chi connectivity index (χ4v) is 2.33. The van der Waals surface area contributed by atoms with Crippen LogP contribution in [0, 0.1) is 0 Å². The minimum Gasteiger partial charge on any atom is -0.504 e. The smallest absolute Gasteiger partial charge is 0.196 e. The number of ether oxygens (including phenoxy) is 1. The standard InChI is InChI=1S/C20H16O3/c21-18-13-7-12-17(19(22)16-10-5-2-6-11-16)20(18)23-14-15-8-3-1-4-9-15/h1-13,21H,14H2. The second kappa shape index (κ2) is 6.79. The van der Waals surface area contributed by atoms with Crippen molar-refractivity contribution in [2.75, 3.05) is 0 Å². The molecule has 1 N–H and O–H groups in total. The van der Waals surface area contributed by atoms with Gasteiger partial charge >= 0.3 is 0 Å². The van der Waals surface area contributed by atoms with E-state index < -0.39 is 0 Å². The topological polar surface area (TPSA) is 46.5 Å². The van der Waals surface area contributed by atoms with Crippen LogP contribution < -0.4 is 4.74 Å². The van der Waals surface area contributed by atoms with Crippen LogP contribution in [0.5, 0.6) is 11.5 Å². The lowest BCUT2D eigenvalue weighted by atomic mass is 10.0. The third kappa shape index (κ3) is 3.40. The second-order valence-corrected chi connectivity index (χ2v) is 5.12. The van der Waals surface area contributed by atoms with Crippen LogP contribution in [0.15, 0.2) is 78.9 Å². The van der Waals surface area contributed by atoms with Gasteiger partial charge in [-0.1, -0.05) is 66.7 Å². The van der Waals surface area contributed by atoms with Gasteiger partial charge in [-0.25, -0.2) is 0 Å². The fourth-order valence-electron chi connectivity index (χ4n) is 2.33. The third-order valence-corrected chi connectivity index (χ3v) is 3.50. The highest BCUT2D eigenvalue weighted by Crippen LogP contribution is 2.32. The summed E-state index contributed by atoms with van der Waals surface area (Å²) in [4.78, 5) is 12.6. The highest BCUT2D eigenvalue weighted by Gasteiger charge is 2.17. The summed E-state index contributed by atoms with van der Waals surface area (Å²) < 4.78 is 5.73. The van der Waals surface area contributed by atoms with Gasteiger partial charge in [-0.2, -0.15) is 0 Å². The van der Waals surface area contributed by atoms with E-state index in [2.05, 4.69) is 0 Å². The SMILES string of the molecule is O=C(c1ccccc1)c1cccc(O)c1OCc1ccccc1. The summed E-state index contributed by atoms with van der Waals surface area (Å²) in [6, 6.07) is 23.4. The molecule has 3 aromatic rings. The molecule has 114 valence electrons. The first kappa shape index (κ1) is 14.9. The van der Waals surface area contributed by atoms with E-state index in [4.69, 9.17) is 4.74 Å². The van der Waals surface area contributed by atoms with Gasteiger partial charge in [-0.3, -0.25) is 4.79 Å². The number of hydrogen-bond acceptors (Lipinski definition) is 3. The number of hydrogen-bond donors (Lipinski definition) is 1. The lowest BCUT2D eigenvalue weighted by Gasteiger charge is -2.12. The predicted octanol–water partition coefficient (Wildman–Crippen LogP) is 4.20. The summed E-state index contributed by atoms with van der Waals surface area (Å²) in [5.41, 5.74) is 1.88. The van der Waals surface area contributed by atoms with Gasteiger partial charge in [0.25, 0.3) is 0 Å². The molecule has 23 heavy (non-hydrogen) atoms. The number of ketones is 1. The minimum absolute atomic E-state index is 0.0392. The Bertz CT molecular complexity index is 796. The Morgan fingerprint density at radius 3 is 2.17 bits per heavy atom. The first-order chi connectivity index (χ1) is 11.3. The summed E-state index contributed by atoms with van der Waals surface area (Å²) in [6.07, 6.45) is 0. The maximum atomic E-state index is 12.6. The molecule has 0 heterocycles. The summed E-state index contributed by atoms with van der Waals surface area (Å²) >= 11 is 0. The quantitative estimate of drug-likeness (QED) is 0.718. The molecule has 0 amide bonds. The van der Waals surface area contributed by atoms with E-state index in [1.807, 2.05) is 36.4 Å². The molecule has 0 unspecified atom stereocenters. The summed E-state index contributed by atoms with van der Waals surface area (Å²) in [6.45, 7) is 0.285. The van der Waals surface area contributed by atoms with Crippen molar-refractivity contribution in [2.45, 2.75) is 6.61 Å². The number of carbonyl (C=O) groups is 1. The van der Waals surface area contributed by atoms with E-state index in [0.717, 1.165) is 5.56 Å². The van der Waals surface area contributed by atoms with Gasteiger partial charge in [0.15, 0.2) is 17.3 Å².